The second kappa shape index (κ2) is 10.2. The normalized spacial score (nSPS) is 14.9. The van der Waals surface area contributed by atoms with Crippen molar-refractivity contribution in [3.63, 3.8) is 0 Å². The van der Waals surface area contributed by atoms with E-state index in [0.29, 0.717) is 18.8 Å². The van der Waals surface area contributed by atoms with Crippen molar-refractivity contribution in [2.24, 2.45) is 0 Å². The summed E-state index contributed by atoms with van der Waals surface area (Å²) in [5, 5.41) is 0.996. The number of piperazine rings is 1. The summed E-state index contributed by atoms with van der Waals surface area (Å²) in [7, 11) is 1.64. The highest BCUT2D eigenvalue weighted by Gasteiger charge is 2.21. The molecule has 6 heteroatoms. The summed E-state index contributed by atoms with van der Waals surface area (Å²) in [6.07, 6.45) is 7.19. The molecule has 1 aliphatic rings. The SMILES string of the molecule is COc1cc2occ(-c3ccccc3)c2cc1/C(C)=C/C(=O)N1CCN(Cc2cccnc2)CC1. The van der Waals surface area contributed by atoms with Crippen LogP contribution in [0.1, 0.15) is 18.1 Å². The van der Waals surface area contributed by atoms with E-state index < -0.39 is 0 Å². The van der Waals surface area contributed by atoms with Crippen LogP contribution in [-0.4, -0.2) is 54.0 Å². The molecular weight excluding hydrogens is 438 g/mol. The summed E-state index contributed by atoms with van der Waals surface area (Å²) >= 11 is 0. The number of aromatic nitrogens is 1. The van der Waals surface area contributed by atoms with Crippen molar-refractivity contribution in [3.8, 4) is 16.9 Å². The maximum atomic E-state index is 13.1. The van der Waals surface area contributed by atoms with Gasteiger partial charge in [-0.25, -0.2) is 0 Å². The number of carbonyl (C=O) groups is 1. The van der Waals surface area contributed by atoms with Gasteiger partial charge in [0.1, 0.15) is 11.3 Å². The van der Waals surface area contributed by atoms with Gasteiger partial charge in [0.25, 0.3) is 0 Å². The molecule has 35 heavy (non-hydrogen) atoms. The third-order valence-electron chi connectivity index (χ3n) is 6.56. The van der Waals surface area contributed by atoms with Crippen LogP contribution >= 0.6 is 0 Å². The lowest BCUT2D eigenvalue weighted by Crippen LogP contribution is -2.47. The molecular formula is C29H29N3O3. The number of hydrogen-bond donors (Lipinski definition) is 0. The van der Waals surface area contributed by atoms with E-state index in [1.54, 1.807) is 25.6 Å². The molecule has 0 bridgehead atoms. The van der Waals surface area contributed by atoms with Crippen molar-refractivity contribution in [2.45, 2.75) is 13.5 Å². The number of hydrogen-bond acceptors (Lipinski definition) is 5. The van der Waals surface area contributed by atoms with E-state index in [-0.39, 0.29) is 5.91 Å². The minimum Gasteiger partial charge on any atom is -0.496 e. The second-order valence-corrected chi connectivity index (χ2v) is 8.85. The average molecular weight is 468 g/mol. The smallest absolute Gasteiger partial charge is 0.246 e. The van der Waals surface area contributed by atoms with Gasteiger partial charge in [0.15, 0.2) is 0 Å². The predicted octanol–water partition coefficient (Wildman–Crippen LogP) is 5.25. The number of benzene rings is 2. The Morgan fingerprint density at radius 1 is 1.09 bits per heavy atom. The number of furan rings is 1. The van der Waals surface area contributed by atoms with Gasteiger partial charge in [-0.1, -0.05) is 36.4 Å². The molecule has 1 aliphatic heterocycles. The van der Waals surface area contributed by atoms with Crippen LogP contribution in [-0.2, 0) is 11.3 Å². The highest BCUT2D eigenvalue weighted by atomic mass is 16.5. The van der Waals surface area contributed by atoms with Crippen LogP contribution in [0.3, 0.4) is 0 Å². The van der Waals surface area contributed by atoms with Gasteiger partial charge >= 0.3 is 0 Å². The van der Waals surface area contributed by atoms with Crippen LogP contribution in [0.5, 0.6) is 5.75 Å². The molecule has 0 saturated carbocycles. The average Bonchev–Trinajstić information content (AvgIpc) is 3.32. The summed E-state index contributed by atoms with van der Waals surface area (Å²) in [6, 6.07) is 18.2. The van der Waals surface area contributed by atoms with Gasteiger partial charge in [-0.3, -0.25) is 14.7 Å². The Bertz CT molecular complexity index is 1340. The minimum atomic E-state index is 0.0288. The Balaban J connectivity index is 1.33. The van der Waals surface area contributed by atoms with Crippen LogP contribution < -0.4 is 4.74 Å². The second-order valence-electron chi connectivity index (χ2n) is 8.85. The molecule has 3 heterocycles. The highest BCUT2D eigenvalue weighted by molar-refractivity contribution is 6.00. The summed E-state index contributed by atoms with van der Waals surface area (Å²) in [4.78, 5) is 21.6. The molecule has 0 unspecified atom stereocenters. The number of nitrogens with zero attached hydrogens (tertiary/aromatic N) is 3. The molecule has 0 N–H and O–H groups in total. The van der Waals surface area contributed by atoms with E-state index >= 15 is 0 Å². The predicted molar refractivity (Wildman–Crippen MR) is 138 cm³/mol. The largest absolute Gasteiger partial charge is 0.496 e. The molecule has 0 atom stereocenters. The van der Waals surface area contributed by atoms with Gasteiger partial charge in [0.05, 0.1) is 13.4 Å². The number of methoxy groups -OCH3 is 1. The molecule has 0 spiro atoms. The molecule has 6 nitrogen and oxygen atoms in total. The zero-order valence-corrected chi connectivity index (χ0v) is 20.1. The first-order valence-corrected chi connectivity index (χ1v) is 11.9. The monoisotopic (exact) mass is 467 g/mol. The topological polar surface area (TPSA) is 58.8 Å². The Hall–Kier alpha value is -3.90. The summed E-state index contributed by atoms with van der Waals surface area (Å²) in [5.41, 5.74) is 5.82. The molecule has 5 rings (SSSR count). The molecule has 1 amide bonds. The number of carbonyl (C=O) groups excluding carboxylic acids is 1. The van der Waals surface area contributed by atoms with E-state index in [9.17, 15) is 4.79 Å². The number of rotatable bonds is 6. The minimum absolute atomic E-state index is 0.0288. The lowest BCUT2D eigenvalue weighted by Gasteiger charge is -2.34. The van der Waals surface area contributed by atoms with Crippen LogP contribution in [0.4, 0.5) is 0 Å². The molecule has 0 radical (unpaired) electrons. The lowest BCUT2D eigenvalue weighted by atomic mass is 9.99. The summed E-state index contributed by atoms with van der Waals surface area (Å²) < 4.78 is 11.5. The number of ether oxygens (including phenoxy) is 1. The highest BCUT2D eigenvalue weighted by Crippen LogP contribution is 2.37. The van der Waals surface area contributed by atoms with Crippen molar-refractivity contribution >= 4 is 22.4 Å². The van der Waals surface area contributed by atoms with Gasteiger partial charge in [-0.15, -0.1) is 0 Å². The van der Waals surface area contributed by atoms with Crippen molar-refractivity contribution in [1.29, 1.82) is 0 Å². The maximum Gasteiger partial charge on any atom is 0.246 e. The molecule has 178 valence electrons. The standard InChI is InChI=1S/C29H29N3O3/c1-21(15-29(33)32-13-11-31(12-14-32)19-22-7-6-10-30-18-22)24-16-25-26(23-8-4-3-5-9-23)20-35-28(25)17-27(24)34-2/h3-10,15-18,20H,11-14,19H2,1-2H3/b21-15+. The Kier molecular flexibility index (Phi) is 6.64. The number of fused-ring (bicyclic) bond motifs is 1. The molecule has 1 fully saturated rings. The van der Waals surface area contributed by atoms with E-state index in [0.717, 1.165) is 52.9 Å². The van der Waals surface area contributed by atoms with Crippen molar-refractivity contribution < 1.29 is 13.9 Å². The van der Waals surface area contributed by atoms with Gasteiger partial charge in [-0.2, -0.15) is 0 Å². The van der Waals surface area contributed by atoms with Gasteiger partial charge < -0.3 is 14.1 Å². The zero-order chi connectivity index (χ0) is 24.2. The fraction of sp³-hybridized carbons (Fsp3) is 0.241. The van der Waals surface area contributed by atoms with E-state index in [1.165, 1.54) is 5.56 Å². The molecule has 4 aromatic rings. The van der Waals surface area contributed by atoms with Gasteiger partial charge in [0.2, 0.25) is 5.91 Å². The fourth-order valence-electron chi connectivity index (χ4n) is 4.60. The van der Waals surface area contributed by atoms with Gasteiger partial charge in [-0.05, 0) is 35.8 Å². The first kappa shape index (κ1) is 22.9. The molecule has 2 aromatic carbocycles. The number of allylic oxidation sites excluding steroid dienone is 1. The third kappa shape index (κ3) is 4.98. The fourth-order valence-corrected chi connectivity index (χ4v) is 4.60. The van der Waals surface area contributed by atoms with Crippen LogP contribution in [0.15, 0.2) is 83.7 Å². The Morgan fingerprint density at radius 3 is 2.60 bits per heavy atom. The van der Waals surface area contributed by atoms with Crippen molar-refractivity contribution in [3.05, 3.63) is 90.5 Å². The Labute approximate surface area is 205 Å². The van der Waals surface area contributed by atoms with Crippen LogP contribution in [0.2, 0.25) is 0 Å². The molecule has 1 saturated heterocycles. The maximum absolute atomic E-state index is 13.1. The summed E-state index contributed by atoms with van der Waals surface area (Å²) in [6.45, 7) is 5.92. The first-order chi connectivity index (χ1) is 17.1. The van der Waals surface area contributed by atoms with Gasteiger partial charge in [0, 0.05) is 73.8 Å². The molecule has 2 aromatic heterocycles. The van der Waals surface area contributed by atoms with Crippen molar-refractivity contribution in [2.75, 3.05) is 33.3 Å². The van der Waals surface area contributed by atoms with E-state index in [4.69, 9.17) is 9.15 Å². The van der Waals surface area contributed by atoms with Crippen molar-refractivity contribution in [1.82, 2.24) is 14.8 Å². The van der Waals surface area contributed by atoms with Crippen LogP contribution in [0, 0.1) is 0 Å². The van der Waals surface area contributed by atoms with Crippen LogP contribution in [0.25, 0.3) is 27.7 Å². The lowest BCUT2D eigenvalue weighted by molar-refractivity contribution is -0.127. The van der Waals surface area contributed by atoms with E-state index in [1.807, 2.05) is 48.4 Å². The first-order valence-electron chi connectivity index (χ1n) is 11.9. The third-order valence-corrected chi connectivity index (χ3v) is 6.56. The number of amides is 1. The molecule has 0 aliphatic carbocycles. The summed E-state index contributed by atoms with van der Waals surface area (Å²) in [5.74, 6) is 0.718. The van der Waals surface area contributed by atoms with E-state index in [2.05, 4.69) is 34.1 Å². The quantitative estimate of drug-likeness (QED) is 0.363. The zero-order valence-electron chi connectivity index (χ0n) is 20.1. The Morgan fingerprint density at radius 2 is 1.89 bits per heavy atom. The number of pyridine rings is 1.